The maximum atomic E-state index is 12.0. The Morgan fingerprint density at radius 2 is 2.00 bits per heavy atom. The third-order valence-corrected chi connectivity index (χ3v) is 6.63. The van der Waals surface area contributed by atoms with E-state index in [1.54, 1.807) is 32.4 Å². The van der Waals surface area contributed by atoms with E-state index >= 15 is 0 Å². The zero-order valence-corrected chi connectivity index (χ0v) is 17.9. The maximum Gasteiger partial charge on any atom is 0.240 e. The van der Waals surface area contributed by atoms with Crippen molar-refractivity contribution in [1.82, 2.24) is 14.9 Å². The van der Waals surface area contributed by atoms with Crippen LogP contribution in [-0.4, -0.2) is 53.6 Å². The van der Waals surface area contributed by atoms with Crippen LogP contribution in [0, 0.1) is 0 Å². The molecule has 0 spiro atoms. The summed E-state index contributed by atoms with van der Waals surface area (Å²) in [5, 5.41) is 3.36. The van der Waals surface area contributed by atoms with Crippen molar-refractivity contribution < 1.29 is 13.2 Å². The first-order chi connectivity index (χ1) is 14.0. The van der Waals surface area contributed by atoms with Gasteiger partial charge in [0.1, 0.15) is 5.75 Å². The Balaban J connectivity index is 1.62. The highest BCUT2D eigenvalue weighted by Gasteiger charge is 2.26. The largest absolute Gasteiger partial charge is 0.497 e. The molecule has 2 aromatic carbocycles. The SMILES string of the molecule is CN=C(NCc1cccc(S(=O)(=O)NC)c1)N1CCC(c2ccc(OC)cc2)C1. The summed E-state index contributed by atoms with van der Waals surface area (Å²) < 4.78 is 31.6. The Bertz CT molecular complexity index is 958. The molecule has 2 aromatic rings. The predicted octanol–water partition coefficient (Wildman–Crippen LogP) is 2.17. The van der Waals surface area contributed by atoms with Crippen molar-refractivity contribution in [3.8, 4) is 5.75 Å². The summed E-state index contributed by atoms with van der Waals surface area (Å²) in [5.41, 5.74) is 2.18. The Morgan fingerprint density at radius 3 is 2.66 bits per heavy atom. The molecule has 29 heavy (non-hydrogen) atoms. The molecule has 7 nitrogen and oxygen atoms in total. The monoisotopic (exact) mass is 416 g/mol. The molecule has 0 saturated carbocycles. The minimum absolute atomic E-state index is 0.259. The Kier molecular flexibility index (Phi) is 6.76. The molecule has 3 rings (SSSR count). The first-order valence-corrected chi connectivity index (χ1v) is 11.1. The van der Waals surface area contributed by atoms with Crippen LogP contribution in [0.5, 0.6) is 5.75 Å². The van der Waals surface area contributed by atoms with Crippen molar-refractivity contribution >= 4 is 16.0 Å². The average Bonchev–Trinajstić information content (AvgIpc) is 3.24. The molecule has 1 saturated heterocycles. The van der Waals surface area contributed by atoms with Crippen LogP contribution in [0.1, 0.15) is 23.5 Å². The molecule has 0 bridgehead atoms. The molecular formula is C21H28N4O3S. The van der Waals surface area contributed by atoms with Gasteiger partial charge in [-0.25, -0.2) is 13.1 Å². The lowest BCUT2D eigenvalue weighted by molar-refractivity contribution is 0.414. The van der Waals surface area contributed by atoms with E-state index in [0.717, 1.165) is 36.8 Å². The third-order valence-electron chi connectivity index (χ3n) is 5.21. The highest BCUT2D eigenvalue weighted by atomic mass is 32.2. The van der Waals surface area contributed by atoms with Crippen LogP contribution < -0.4 is 14.8 Å². The summed E-state index contributed by atoms with van der Waals surface area (Å²) in [5.74, 6) is 2.13. The number of rotatable bonds is 6. The fraction of sp³-hybridized carbons (Fsp3) is 0.381. The number of hydrogen-bond acceptors (Lipinski definition) is 4. The molecule has 0 aromatic heterocycles. The summed E-state index contributed by atoms with van der Waals surface area (Å²) >= 11 is 0. The molecule has 2 N–H and O–H groups in total. The molecular weight excluding hydrogens is 388 g/mol. The zero-order chi connectivity index (χ0) is 20.9. The Morgan fingerprint density at radius 1 is 1.24 bits per heavy atom. The summed E-state index contributed by atoms with van der Waals surface area (Å²) in [7, 11) is 1.40. The van der Waals surface area contributed by atoms with Crippen LogP contribution in [0.4, 0.5) is 0 Å². The first kappa shape index (κ1) is 21.1. The number of ether oxygens (including phenoxy) is 1. The van der Waals surface area contributed by atoms with Gasteiger partial charge in [-0.3, -0.25) is 4.99 Å². The van der Waals surface area contributed by atoms with Gasteiger partial charge in [-0.1, -0.05) is 24.3 Å². The van der Waals surface area contributed by atoms with Crippen molar-refractivity contribution in [2.24, 2.45) is 4.99 Å². The van der Waals surface area contributed by atoms with Crippen molar-refractivity contribution in [2.75, 3.05) is 34.3 Å². The molecule has 1 aliphatic heterocycles. The average molecular weight is 417 g/mol. The fourth-order valence-electron chi connectivity index (χ4n) is 3.55. The van der Waals surface area contributed by atoms with Crippen molar-refractivity contribution in [1.29, 1.82) is 0 Å². The molecule has 0 aliphatic carbocycles. The number of nitrogens with one attached hydrogen (secondary N) is 2. The Hall–Kier alpha value is -2.58. The number of likely N-dealkylation sites (tertiary alicyclic amines) is 1. The van der Waals surface area contributed by atoms with E-state index in [4.69, 9.17) is 4.74 Å². The summed E-state index contributed by atoms with van der Waals surface area (Å²) in [6.45, 7) is 2.31. The molecule has 1 unspecified atom stereocenters. The van der Waals surface area contributed by atoms with Gasteiger partial charge in [0.15, 0.2) is 5.96 Å². The summed E-state index contributed by atoms with van der Waals surface area (Å²) in [4.78, 5) is 6.91. The number of guanidine groups is 1. The van der Waals surface area contributed by atoms with E-state index in [9.17, 15) is 8.42 Å². The minimum atomic E-state index is -3.45. The van der Waals surface area contributed by atoms with E-state index in [-0.39, 0.29) is 4.90 Å². The van der Waals surface area contributed by atoms with Gasteiger partial charge in [-0.2, -0.15) is 0 Å². The van der Waals surface area contributed by atoms with Gasteiger partial charge in [0.2, 0.25) is 10.0 Å². The number of hydrogen-bond donors (Lipinski definition) is 2. The Labute approximate surface area is 172 Å². The molecule has 0 amide bonds. The van der Waals surface area contributed by atoms with Crippen LogP contribution in [-0.2, 0) is 16.6 Å². The van der Waals surface area contributed by atoms with Gasteiger partial charge in [0.25, 0.3) is 0 Å². The van der Waals surface area contributed by atoms with Gasteiger partial charge in [-0.15, -0.1) is 0 Å². The predicted molar refractivity (Wildman–Crippen MR) is 115 cm³/mol. The fourth-order valence-corrected chi connectivity index (χ4v) is 4.35. The molecule has 156 valence electrons. The number of nitrogens with zero attached hydrogens (tertiary/aromatic N) is 2. The topological polar surface area (TPSA) is 83.0 Å². The maximum absolute atomic E-state index is 12.0. The van der Waals surface area contributed by atoms with Gasteiger partial charge >= 0.3 is 0 Å². The van der Waals surface area contributed by atoms with E-state index in [2.05, 4.69) is 32.1 Å². The van der Waals surface area contributed by atoms with Crippen molar-refractivity contribution in [3.63, 3.8) is 0 Å². The van der Waals surface area contributed by atoms with Crippen LogP contribution in [0.3, 0.4) is 0 Å². The molecule has 1 heterocycles. The quantitative estimate of drug-likeness (QED) is 0.557. The van der Waals surface area contributed by atoms with Gasteiger partial charge in [-0.05, 0) is 48.9 Å². The standard InChI is InChI=1S/C21H28N4O3S/c1-22-21(24-14-16-5-4-6-20(13-16)29(26,27)23-2)25-12-11-18(15-25)17-7-9-19(28-3)10-8-17/h4-10,13,18,23H,11-12,14-15H2,1-3H3,(H,22,24). The van der Waals surface area contributed by atoms with E-state index in [0.29, 0.717) is 12.5 Å². The molecule has 0 radical (unpaired) electrons. The van der Waals surface area contributed by atoms with Gasteiger partial charge < -0.3 is 15.0 Å². The normalized spacial score (nSPS) is 17.4. The number of methoxy groups -OCH3 is 1. The molecule has 1 aliphatic rings. The number of benzene rings is 2. The second kappa shape index (κ2) is 9.28. The summed E-state index contributed by atoms with van der Waals surface area (Å²) in [6, 6.07) is 15.2. The smallest absolute Gasteiger partial charge is 0.240 e. The molecule has 1 fully saturated rings. The van der Waals surface area contributed by atoms with Gasteiger partial charge in [0.05, 0.1) is 12.0 Å². The molecule has 1 atom stereocenters. The zero-order valence-electron chi connectivity index (χ0n) is 17.1. The third kappa shape index (κ3) is 5.07. The van der Waals surface area contributed by atoms with Crippen LogP contribution in [0.25, 0.3) is 0 Å². The second-order valence-corrected chi connectivity index (χ2v) is 8.85. The minimum Gasteiger partial charge on any atom is -0.497 e. The first-order valence-electron chi connectivity index (χ1n) is 9.59. The summed E-state index contributed by atoms with van der Waals surface area (Å²) in [6.07, 6.45) is 1.06. The lowest BCUT2D eigenvalue weighted by atomic mass is 9.98. The van der Waals surface area contributed by atoms with E-state index in [1.165, 1.54) is 12.6 Å². The number of aliphatic imine (C=N–C) groups is 1. The van der Waals surface area contributed by atoms with Crippen LogP contribution in [0.15, 0.2) is 58.4 Å². The van der Waals surface area contributed by atoms with E-state index in [1.807, 2.05) is 18.2 Å². The van der Waals surface area contributed by atoms with E-state index < -0.39 is 10.0 Å². The molecule has 8 heteroatoms. The number of sulfonamides is 1. The lowest BCUT2D eigenvalue weighted by Gasteiger charge is -2.22. The highest BCUT2D eigenvalue weighted by molar-refractivity contribution is 7.89. The second-order valence-electron chi connectivity index (χ2n) is 6.96. The van der Waals surface area contributed by atoms with Crippen molar-refractivity contribution in [2.45, 2.75) is 23.8 Å². The van der Waals surface area contributed by atoms with Crippen LogP contribution in [0.2, 0.25) is 0 Å². The van der Waals surface area contributed by atoms with Crippen molar-refractivity contribution in [3.05, 3.63) is 59.7 Å². The lowest BCUT2D eigenvalue weighted by Crippen LogP contribution is -2.39. The van der Waals surface area contributed by atoms with Gasteiger partial charge in [0, 0.05) is 32.6 Å². The highest BCUT2D eigenvalue weighted by Crippen LogP contribution is 2.28. The van der Waals surface area contributed by atoms with Crippen LogP contribution >= 0.6 is 0 Å².